The van der Waals surface area contributed by atoms with E-state index in [4.69, 9.17) is 38.3 Å². The molecule has 10 heteroatoms. The van der Waals surface area contributed by atoms with E-state index in [2.05, 4.69) is 22.3 Å². The standard InChI is InChI=1S/C31H29Cl2N7O/c1-21-28-29(38-15-8-16-39(18-17-38)31(41)34-23-13-14-25(32)26(33)20-23)35-27(19-22-9-4-2-5-10-22)36-30(28)40(37-21)24-11-6-3-7-12-24/h2-7,9-14,20H,8,15-19H2,1H3,(H,34,41). The zero-order valence-electron chi connectivity index (χ0n) is 22.6. The monoisotopic (exact) mass is 585 g/mol. The number of para-hydroxylation sites is 1. The van der Waals surface area contributed by atoms with Crippen LogP contribution in [0.4, 0.5) is 16.3 Å². The van der Waals surface area contributed by atoms with Gasteiger partial charge >= 0.3 is 6.03 Å². The van der Waals surface area contributed by atoms with Crippen LogP contribution in [-0.2, 0) is 6.42 Å². The van der Waals surface area contributed by atoms with Gasteiger partial charge in [0.25, 0.3) is 0 Å². The van der Waals surface area contributed by atoms with Crippen molar-refractivity contribution in [2.24, 2.45) is 0 Å². The second kappa shape index (κ2) is 11.8. The minimum Gasteiger partial charge on any atom is -0.354 e. The molecule has 1 aliphatic heterocycles. The molecule has 1 N–H and O–H groups in total. The minimum atomic E-state index is -0.170. The van der Waals surface area contributed by atoms with E-state index in [1.807, 2.05) is 65.0 Å². The normalized spacial score (nSPS) is 13.8. The highest BCUT2D eigenvalue weighted by Gasteiger charge is 2.25. The molecule has 0 saturated carbocycles. The molecule has 208 valence electrons. The fraction of sp³-hybridized carbons (Fsp3) is 0.226. The van der Waals surface area contributed by atoms with Crippen molar-refractivity contribution in [1.29, 1.82) is 0 Å². The van der Waals surface area contributed by atoms with Crippen LogP contribution < -0.4 is 10.2 Å². The van der Waals surface area contributed by atoms with Crippen LogP contribution in [0.25, 0.3) is 16.7 Å². The van der Waals surface area contributed by atoms with Gasteiger partial charge in [-0.05, 0) is 49.2 Å². The van der Waals surface area contributed by atoms with Gasteiger partial charge in [-0.1, -0.05) is 71.7 Å². The first-order valence-electron chi connectivity index (χ1n) is 13.6. The smallest absolute Gasteiger partial charge is 0.321 e. The molecule has 0 aliphatic carbocycles. The first-order chi connectivity index (χ1) is 20.0. The largest absolute Gasteiger partial charge is 0.354 e. The molecule has 2 aromatic heterocycles. The molecule has 6 rings (SSSR count). The lowest BCUT2D eigenvalue weighted by Gasteiger charge is -2.24. The fourth-order valence-electron chi connectivity index (χ4n) is 5.15. The maximum atomic E-state index is 13.1. The molecule has 3 aromatic carbocycles. The van der Waals surface area contributed by atoms with Crippen molar-refractivity contribution in [3.8, 4) is 5.69 Å². The Morgan fingerprint density at radius 3 is 2.39 bits per heavy atom. The molecule has 3 heterocycles. The number of nitrogens with one attached hydrogen (secondary N) is 1. The van der Waals surface area contributed by atoms with E-state index < -0.39 is 0 Å². The molecule has 1 fully saturated rings. The summed E-state index contributed by atoms with van der Waals surface area (Å²) in [5.41, 5.74) is 4.34. The number of amides is 2. The van der Waals surface area contributed by atoms with Crippen LogP contribution in [0, 0.1) is 6.92 Å². The highest BCUT2D eigenvalue weighted by Crippen LogP contribution is 2.30. The summed E-state index contributed by atoms with van der Waals surface area (Å²) in [6.45, 7) is 4.54. The lowest BCUT2D eigenvalue weighted by atomic mass is 10.1. The van der Waals surface area contributed by atoms with Gasteiger partial charge in [0.15, 0.2) is 5.65 Å². The van der Waals surface area contributed by atoms with Gasteiger partial charge in [-0.3, -0.25) is 0 Å². The average molecular weight is 587 g/mol. The van der Waals surface area contributed by atoms with Crippen LogP contribution in [0.2, 0.25) is 10.0 Å². The van der Waals surface area contributed by atoms with Crippen molar-refractivity contribution in [2.45, 2.75) is 19.8 Å². The Morgan fingerprint density at radius 1 is 0.878 bits per heavy atom. The summed E-state index contributed by atoms with van der Waals surface area (Å²) in [7, 11) is 0. The number of hydrogen-bond donors (Lipinski definition) is 1. The summed E-state index contributed by atoms with van der Waals surface area (Å²) in [5.74, 6) is 1.58. The first-order valence-corrected chi connectivity index (χ1v) is 14.3. The van der Waals surface area contributed by atoms with E-state index in [0.717, 1.165) is 52.6 Å². The minimum absolute atomic E-state index is 0.170. The summed E-state index contributed by atoms with van der Waals surface area (Å²) in [6.07, 6.45) is 1.40. The maximum Gasteiger partial charge on any atom is 0.321 e. The van der Waals surface area contributed by atoms with Crippen LogP contribution in [0.3, 0.4) is 0 Å². The zero-order valence-corrected chi connectivity index (χ0v) is 24.1. The number of hydrogen-bond acceptors (Lipinski definition) is 5. The lowest BCUT2D eigenvalue weighted by Crippen LogP contribution is -2.38. The Labute approximate surface area is 248 Å². The van der Waals surface area contributed by atoms with Crippen LogP contribution in [0.15, 0.2) is 78.9 Å². The second-order valence-corrected chi connectivity index (χ2v) is 10.9. The van der Waals surface area contributed by atoms with Crippen molar-refractivity contribution in [3.05, 3.63) is 106 Å². The van der Waals surface area contributed by atoms with Crippen LogP contribution in [0.1, 0.15) is 23.5 Å². The molecule has 1 aliphatic rings. The van der Waals surface area contributed by atoms with Gasteiger partial charge in [0, 0.05) is 38.3 Å². The van der Waals surface area contributed by atoms with Gasteiger partial charge < -0.3 is 15.1 Å². The zero-order chi connectivity index (χ0) is 28.3. The quantitative estimate of drug-likeness (QED) is 0.246. The summed E-state index contributed by atoms with van der Waals surface area (Å²) >= 11 is 12.2. The third-order valence-electron chi connectivity index (χ3n) is 7.19. The SMILES string of the molecule is Cc1nn(-c2ccccc2)c2nc(Cc3ccccc3)nc(N3CCCN(C(=O)Nc4ccc(Cl)c(Cl)c4)CC3)c12. The number of nitrogens with zero attached hydrogens (tertiary/aromatic N) is 6. The Morgan fingerprint density at radius 2 is 1.63 bits per heavy atom. The number of carbonyl (C=O) groups is 1. The highest BCUT2D eigenvalue weighted by atomic mass is 35.5. The van der Waals surface area contributed by atoms with Crippen molar-refractivity contribution < 1.29 is 4.79 Å². The number of aromatic nitrogens is 4. The average Bonchev–Trinajstić information content (AvgIpc) is 3.14. The van der Waals surface area contributed by atoms with Crippen LogP contribution in [0.5, 0.6) is 0 Å². The molecular weight excluding hydrogens is 557 g/mol. The lowest BCUT2D eigenvalue weighted by molar-refractivity contribution is 0.215. The van der Waals surface area contributed by atoms with E-state index in [1.165, 1.54) is 0 Å². The fourth-order valence-corrected chi connectivity index (χ4v) is 5.45. The molecule has 0 radical (unpaired) electrons. The van der Waals surface area contributed by atoms with E-state index in [9.17, 15) is 4.79 Å². The molecule has 0 atom stereocenters. The second-order valence-electron chi connectivity index (χ2n) is 10.0. The molecule has 8 nitrogen and oxygen atoms in total. The molecule has 0 spiro atoms. The molecule has 1 saturated heterocycles. The number of rotatable bonds is 5. The molecule has 5 aromatic rings. The Kier molecular flexibility index (Phi) is 7.76. The molecule has 2 amide bonds. The summed E-state index contributed by atoms with van der Waals surface area (Å²) in [4.78, 5) is 27.3. The molecular formula is C31H29Cl2N7O. The van der Waals surface area contributed by atoms with E-state index in [-0.39, 0.29) is 6.03 Å². The van der Waals surface area contributed by atoms with Gasteiger partial charge in [0.2, 0.25) is 0 Å². The van der Waals surface area contributed by atoms with Gasteiger partial charge in [0.1, 0.15) is 11.6 Å². The Hall–Kier alpha value is -4.14. The molecule has 0 unspecified atom stereocenters. The topological polar surface area (TPSA) is 79.2 Å². The molecule has 0 bridgehead atoms. The first kappa shape index (κ1) is 27.1. The van der Waals surface area contributed by atoms with Gasteiger partial charge in [-0.25, -0.2) is 19.4 Å². The van der Waals surface area contributed by atoms with Crippen molar-refractivity contribution >= 4 is 51.8 Å². The summed E-state index contributed by atoms with van der Waals surface area (Å²) in [5, 5.41) is 9.61. The number of fused-ring (bicyclic) bond motifs is 1. The maximum absolute atomic E-state index is 13.1. The number of benzene rings is 3. The van der Waals surface area contributed by atoms with Crippen molar-refractivity contribution in [1.82, 2.24) is 24.6 Å². The third kappa shape index (κ3) is 5.85. The number of carbonyl (C=O) groups excluding carboxylic acids is 1. The Bertz CT molecular complexity index is 1690. The summed E-state index contributed by atoms with van der Waals surface area (Å²) < 4.78 is 1.90. The predicted octanol–water partition coefficient (Wildman–Crippen LogP) is 6.77. The number of anilines is 2. The van der Waals surface area contributed by atoms with Gasteiger partial charge in [-0.15, -0.1) is 0 Å². The Balaban J connectivity index is 1.31. The number of aryl methyl sites for hydroxylation is 1. The van der Waals surface area contributed by atoms with Gasteiger partial charge in [-0.2, -0.15) is 5.10 Å². The number of urea groups is 1. The molecule has 41 heavy (non-hydrogen) atoms. The van der Waals surface area contributed by atoms with E-state index >= 15 is 0 Å². The third-order valence-corrected chi connectivity index (χ3v) is 7.93. The summed E-state index contributed by atoms with van der Waals surface area (Å²) in [6, 6.07) is 25.2. The number of halogens is 2. The van der Waals surface area contributed by atoms with E-state index in [0.29, 0.717) is 41.8 Å². The highest BCUT2D eigenvalue weighted by molar-refractivity contribution is 6.42. The van der Waals surface area contributed by atoms with Gasteiger partial charge in [0.05, 0.1) is 26.8 Å². The predicted molar refractivity (Wildman–Crippen MR) is 165 cm³/mol. The van der Waals surface area contributed by atoms with Crippen LogP contribution >= 0.6 is 23.2 Å². The van der Waals surface area contributed by atoms with Crippen molar-refractivity contribution in [3.63, 3.8) is 0 Å². The van der Waals surface area contributed by atoms with E-state index in [1.54, 1.807) is 18.2 Å². The van der Waals surface area contributed by atoms with Crippen LogP contribution in [-0.4, -0.2) is 56.9 Å². The van der Waals surface area contributed by atoms with Crippen molar-refractivity contribution in [2.75, 3.05) is 36.4 Å².